The van der Waals surface area contributed by atoms with Crippen molar-refractivity contribution in [3.8, 4) is 5.75 Å². The average Bonchev–Trinajstić information content (AvgIpc) is 2.52. The maximum atomic E-state index is 12.9. The van der Waals surface area contributed by atoms with Crippen molar-refractivity contribution in [2.45, 2.75) is 38.8 Å². The summed E-state index contributed by atoms with van der Waals surface area (Å²) in [6.45, 7) is 7.37. The molecule has 0 aliphatic carbocycles. The van der Waals surface area contributed by atoms with E-state index in [0.29, 0.717) is 49.0 Å². The van der Waals surface area contributed by atoms with Gasteiger partial charge in [0.05, 0.1) is 18.2 Å². The topological polar surface area (TPSA) is 59.1 Å². The molecule has 136 valence electrons. The SMILES string of the molecule is CC(C)(C)OC(=O)N1CCN2C(=O)c3cc(Cl)ccc3OCC[C@H]2C1. The van der Waals surface area contributed by atoms with Crippen LogP contribution in [-0.4, -0.2) is 59.7 Å². The number of fused-ring (bicyclic) bond motifs is 2. The van der Waals surface area contributed by atoms with Gasteiger partial charge in [-0.1, -0.05) is 11.6 Å². The van der Waals surface area contributed by atoms with Gasteiger partial charge in [0.2, 0.25) is 0 Å². The molecule has 2 aliphatic rings. The van der Waals surface area contributed by atoms with Crippen molar-refractivity contribution in [3.63, 3.8) is 0 Å². The largest absolute Gasteiger partial charge is 0.493 e. The van der Waals surface area contributed by atoms with Gasteiger partial charge in [0.25, 0.3) is 5.91 Å². The minimum atomic E-state index is -0.538. The highest BCUT2D eigenvalue weighted by Crippen LogP contribution is 2.29. The summed E-state index contributed by atoms with van der Waals surface area (Å²) in [7, 11) is 0. The van der Waals surface area contributed by atoms with E-state index >= 15 is 0 Å². The molecule has 0 aromatic heterocycles. The number of amides is 2. The molecule has 0 radical (unpaired) electrons. The van der Waals surface area contributed by atoms with Crippen LogP contribution in [0.2, 0.25) is 5.02 Å². The summed E-state index contributed by atoms with van der Waals surface area (Å²) in [5.74, 6) is 0.452. The van der Waals surface area contributed by atoms with Crippen LogP contribution in [0.5, 0.6) is 5.75 Å². The minimum absolute atomic E-state index is 0.0964. The van der Waals surface area contributed by atoms with Crippen molar-refractivity contribution in [2.75, 3.05) is 26.2 Å². The third-order valence-corrected chi connectivity index (χ3v) is 4.51. The van der Waals surface area contributed by atoms with Crippen molar-refractivity contribution >= 4 is 23.6 Å². The molecule has 0 N–H and O–H groups in total. The minimum Gasteiger partial charge on any atom is -0.493 e. The van der Waals surface area contributed by atoms with E-state index in [1.165, 1.54) is 0 Å². The predicted octanol–water partition coefficient (Wildman–Crippen LogP) is 3.18. The Kier molecular flexibility index (Phi) is 4.82. The van der Waals surface area contributed by atoms with Crippen molar-refractivity contribution < 1.29 is 19.1 Å². The van der Waals surface area contributed by atoms with Crippen molar-refractivity contribution in [1.29, 1.82) is 0 Å². The van der Waals surface area contributed by atoms with Crippen LogP contribution < -0.4 is 4.74 Å². The summed E-state index contributed by atoms with van der Waals surface area (Å²) in [6, 6.07) is 4.99. The summed E-state index contributed by atoms with van der Waals surface area (Å²) in [5, 5.41) is 0.500. The maximum absolute atomic E-state index is 12.9. The third-order valence-electron chi connectivity index (χ3n) is 4.28. The molecule has 6 nitrogen and oxygen atoms in total. The molecular formula is C18H23ClN2O4. The molecule has 0 saturated carbocycles. The lowest BCUT2D eigenvalue weighted by molar-refractivity contribution is 0.00109. The molecule has 3 rings (SSSR count). The van der Waals surface area contributed by atoms with Crippen LogP contribution >= 0.6 is 11.6 Å². The molecule has 0 spiro atoms. The van der Waals surface area contributed by atoms with E-state index in [2.05, 4.69) is 0 Å². The first-order valence-electron chi connectivity index (χ1n) is 8.46. The standard InChI is InChI=1S/C18H23ClN2O4/c1-18(2,3)25-17(23)20-7-8-21-13(11-20)6-9-24-15-5-4-12(19)10-14(15)16(21)22/h4-5,10,13H,6-9,11H2,1-3H3/t13-/m0/s1. The number of halogens is 1. The second kappa shape index (κ2) is 6.75. The van der Waals surface area contributed by atoms with Gasteiger partial charge in [0.1, 0.15) is 11.4 Å². The lowest BCUT2D eigenvalue weighted by Crippen LogP contribution is -2.58. The molecule has 1 fully saturated rings. The van der Waals surface area contributed by atoms with Crippen molar-refractivity contribution in [3.05, 3.63) is 28.8 Å². The number of hydrogen-bond acceptors (Lipinski definition) is 4. The monoisotopic (exact) mass is 366 g/mol. The van der Waals surface area contributed by atoms with Crippen LogP contribution in [0.25, 0.3) is 0 Å². The first-order valence-corrected chi connectivity index (χ1v) is 8.83. The molecule has 2 amide bonds. The fourth-order valence-electron chi connectivity index (χ4n) is 3.12. The van der Waals surface area contributed by atoms with Crippen LogP contribution in [0, 0.1) is 0 Å². The Balaban J connectivity index is 1.77. The molecule has 25 heavy (non-hydrogen) atoms. The molecule has 1 aromatic carbocycles. The van der Waals surface area contributed by atoms with Crippen LogP contribution in [-0.2, 0) is 4.74 Å². The summed E-state index contributed by atoms with van der Waals surface area (Å²) in [5.41, 5.74) is -0.0630. The number of carbonyl (C=O) groups excluding carboxylic acids is 2. The van der Waals surface area contributed by atoms with E-state index in [0.717, 1.165) is 0 Å². The lowest BCUT2D eigenvalue weighted by atomic mass is 10.0. The van der Waals surface area contributed by atoms with Gasteiger partial charge in [-0.05, 0) is 39.0 Å². The van der Waals surface area contributed by atoms with E-state index in [9.17, 15) is 9.59 Å². The van der Waals surface area contributed by atoms with Gasteiger partial charge in [0, 0.05) is 31.1 Å². The smallest absolute Gasteiger partial charge is 0.410 e. The van der Waals surface area contributed by atoms with Gasteiger partial charge in [-0.2, -0.15) is 0 Å². The predicted molar refractivity (Wildman–Crippen MR) is 94.2 cm³/mol. The number of piperazine rings is 1. The number of ether oxygens (including phenoxy) is 2. The molecule has 1 aromatic rings. The Labute approximate surface area is 152 Å². The normalized spacial score (nSPS) is 20.8. The molecule has 1 atom stereocenters. The van der Waals surface area contributed by atoms with Gasteiger partial charge < -0.3 is 19.3 Å². The van der Waals surface area contributed by atoms with Crippen LogP contribution in [0.3, 0.4) is 0 Å². The van der Waals surface area contributed by atoms with Crippen LogP contribution in [0.15, 0.2) is 18.2 Å². The fraction of sp³-hybridized carbons (Fsp3) is 0.556. The van der Waals surface area contributed by atoms with Crippen molar-refractivity contribution in [1.82, 2.24) is 9.80 Å². The second-order valence-electron chi connectivity index (χ2n) is 7.36. The molecular weight excluding hydrogens is 344 g/mol. The van der Waals surface area contributed by atoms with Gasteiger partial charge in [0.15, 0.2) is 0 Å². The number of carbonyl (C=O) groups is 2. The first-order chi connectivity index (χ1) is 11.7. The number of rotatable bonds is 0. The summed E-state index contributed by atoms with van der Waals surface area (Å²) in [6.07, 6.45) is 0.318. The maximum Gasteiger partial charge on any atom is 0.410 e. The zero-order chi connectivity index (χ0) is 18.2. The Hall–Kier alpha value is -1.95. The zero-order valence-corrected chi connectivity index (χ0v) is 15.5. The molecule has 2 heterocycles. The molecule has 0 bridgehead atoms. The Morgan fingerprint density at radius 3 is 2.80 bits per heavy atom. The van der Waals surface area contributed by atoms with Gasteiger partial charge in [-0.3, -0.25) is 4.79 Å². The van der Waals surface area contributed by atoms with E-state index in [4.69, 9.17) is 21.1 Å². The van der Waals surface area contributed by atoms with E-state index in [-0.39, 0.29) is 18.0 Å². The van der Waals surface area contributed by atoms with E-state index < -0.39 is 5.60 Å². The van der Waals surface area contributed by atoms with E-state index in [1.54, 1.807) is 23.1 Å². The quantitative estimate of drug-likeness (QED) is 0.707. The molecule has 2 aliphatic heterocycles. The molecule has 1 saturated heterocycles. The number of nitrogens with zero attached hydrogens (tertiary/aromatic N) is 2. The Morgan fingerprint density at radius 1 is 1.32 bits per heavy atom. The third kappa shape index (κ3) is 4.00. The molecule has 7 heteroatoms. The highest BCUT2D eigenvalue weighted by molar-refractivity contribution is 6.31. The first kappa shape index (κ1) is 17.9. The van der Waals surface area contributed by atoms with Crippen LogP contribution in [0.4, 0.5) is 4.79 Å². The number of hydrogen-bond donors (Lipinski definition) is 0. The number of benzene rings is 1. The highest BCUT2D eigenvalue weighted by Gasteiger charge is 2.36. The second-order valence-corrected chi connectivity index (χ2v) is 7.79. The zero-order valence-electron chi connectivity index (χ0n) is 14.8. The summed E-state index contributed by atoms with van der Waals surface area (Å²) >= 11 is 6.04. The Bertz CT molecular complexity index is 686. The van der Waals surface area contributed by atoms with Crippen molar-refractivity contribution in [2.24, 2.45) is 0 Å². The molecule has 0 unspecified atom stereocenters. The summed E-state index contributed by atoms with van der Waals surface area (Å²) < 4.78 is 11.2. The fourth-order valence-corrected chi connectivity index (χ4v) is 3.29. The van der Waals surface area contributed by atoms with Gasteiger partial charge in [-0.25, -0.2) is 4.79 Å². The average molecular weight is 367 g/mol. The summed E-state index contributed by atoms with van der Waals surface area (Å²) in [4.78, 5) is 28.7. The Morgan fingerprint density at radius 2 is 2.08 bits per heavy atom. The van der Waals surface area contributed by atoms with E-state index in [1.807, 2.05) is 25.7 Å². The lowest BCUT2D eigenvalue weighted by Gasteiger charge is -2.42. The van der Waals surface area contributed by atoms with Gasteiger partial charge >= 0.3 is 6.09 Å². The van der Waals surface area contributed by atoms with Crippen LogP contribution in [0.1, 0.15) is 37.6 Å². The van der Waals surface area contributed by atoms with Gasteiger partial charge in [-0.15, -0.1) is 0 Å². The highest BCUT2D eigenvalue weighted by atomic mass is 35.5.